The van der Waals surface area contributed by atoms with E-state index >= 15 is 0 Å². The lowest BCUT2D eigenvalue weighted by Crippen LogP contribution is -2.31. The van der Waals surface area contributed by atoms with E-state index in [1.807, 2.05) is 54.6 Å². The summed E-state index contributed by atoms with van der Waals surface area (Å²) in [5.74, 6) is 1.52. The lowest BCUT2D eigenvalue weighted by atomic mass is 9.98. The van der Waals surface area contributed by atoms with E-state index in [0.29, 0.717) is 13.1 Å². The lowest BCUT2D eigenvalue weighted by molar-refractivity contribution is -0.121. The SMILES string of the molecule is CC(=O)NCc1ccc(NC(=O)C2CCc3nnc(-c4ccccc4)n3C2)cc1. The second kappa shape index (κ2) is 8.26. The highest BCUT2D eigenvalue weighted by atomic mass is 16.2. The molecule has 1 aliphatic rings. The van der Waals surface area contributed by atoms with E-state index in [1.54, 1.807) is 0 Å². The maximum absolute atomic E-state index is 12.8. The van der Waals surface area contributed by atoms with Gasteiger partial charge in [0.25, 0.3) is 0 Å². The summed E-state index contributed by atoms with van der Waals surface area (Å²) in [6.45, 7) is 2.53. The first-order chi connectivity index (χ1) is 14.1. The van der Waals surface area contributed by atoms with Gasteiger partial charge in [-0.1, -0.05) is 42.5 Å². The van der Waals surface area contributed by atoms with Gasteiger partial charge in [-0.15, -0.1) is 10.2 Å². The molecule has 2 amide bonds. The van der Waals surface area contributed by atoms with Gasteiger partial charge in [0.2, 0.25) is 11.8 Å². The summed E-state index contributed by atoms with van der Waals surface area (Å²) in [5, 5.41) is 14.4. The molecule has 0 bridgehead atoms. The molecule has 2 heterocycles. The van der Waals surface area contributed by atoms with Crippen LogP contribution in [0.3, 0.4) is 0 Å². The molecule has 0 aliphatic carbocycles. The van der Waals surface area contributed by atoms with Crippen molar-refractivity contribution in [2.24, 2.45) is 5.92 Å². The fraction of sp³-hybridized carbons (Fsp3) is 0.273. The van der Waals surface area contributed by atoms with Crippen LogP contribution in [0, 0.1) is 5.92 Å². The average Bonchev–Trinajstić information content (AvgIpc) is 3.17. The predicted octanol–water partition coefficient (Wildman–Crippen LogP) is 2.78. The normalized spacial score (nSPS) is 15.4. The van der Waals surface area contributed by atoms with E-state index in [9.17, 15) is 9.59 Å². The van der Waals surface area contributed by atoms with Crippen molar-refractivity contribution in [3.8, 4) is 11.4 Å². The van der Waals surface area contributed by atoms with Crippen molar-refractivity contribution in [3.05, 3.63) is 66.0 Å². The Morgan fingerprint density at radius 2 is 1.83 bits per heavy atom. The van der Waals surface area contributed by atoms with Gasteiger partial charge >= 0.3 is 0 Å². The minimum atomic E-state index is -0.139. The fourth-order valence-electron chi connectivity index (χ4n) is 3.52. The van der Waals surface area contributed by atoms with Crippen molar-refractivity contribution >= 4 is 17.5 Å². The maximum Gasteiger partial charge on any atom is 0.229 e. The van der Waals surface area contributed by atoms with Gasteiger partial charge in [0.15, 0.2) is 5.82 Å². The Hall–Kier alpha value is -3.48. The van der Waals surface area contributed by atoms with Crippen LogP contribution < -0.4 is 10.6 Å². The molecule has 29 heavy (non-hydrogen) atoms. The van der Waals surface area contributed by atoms with Gasteiger partial charge < -0.3 is 15.2 Å². The lowest BCUT2D eigenvalue weighted by Gasteiger charge is -2.23. The molecule has 0 saturated carbocycles. The van der Waals surface area contributed by atoms with E-state index in [2.05, 4.69) is 25.4 Å². The summed E-state index contributed by atoms with van der Waals surface area (Å²) in [4.78, 5) is 23.8. The zero-order valence-corrected chi connectivity index (χ0v) is 16.3. The van der Waals surface area contributed by atoms with E-state index in [-0.39, 0.29) is 17.7 Å². The van der Waals surface area contributed by atoms with Gasteiger partial charge in [0.05, 0.1) is 5.92 Å². The number of hydrogen-bond acceptors (Lipinski definition) is 4. The average molecular weight is 389 g/mol. The van der Waals surface area contributed by atoms with Crippen LogP contribution in [-0.2, 0) is 29.1 Å². The number of hydrogen-bond donors (Lipinski definition) is 2. The molecule has 0 radical (unpaired) electrons. The molecule has 2 aromatic carbocycles. The predicted molar refractivity (Wildman–Crippen MR) is 110 cm³/mol. The van der Waals surface area contributed by atoms with Gasteiger partial charge in [0.1, 0.15) is 5.82 Å². The first kappa shape index (κ1) is 18.9. The zero-order chi connectivity index (χ0) is 20.2. The summed E-state index contributed by atoms with van der Waals surface area (Å²) in [5.41, 5.74) is 2.74. The van der Waals surface area contributed by atoms with E-state index < -0.39 is 0 Å². The molecule has 1 aromatic heterocycles. The summed E-state index contributed by atoms with van der Waals surface area (Å²) in [7, 11) is 0. The molecule has 0 spiro atoms. The highest BCUT2D eigenvalue weighted by molar-refractivity contribution is 5.92. The molecule has 4 rings (SSSR count). The van der Waals surface area contributed by atoms with Crippen LogP contribution in [0.15, 0.2) is 54.6 Å². The Balaban J connectivity index is 1.42. The number of nitrogens with zero attached hydrogens (tertiary/aromatic N) is 3. The molecule has 3 aromatic rings. The first-order valence-corrected chi connectivity index (χ1v) is 9.72. The van der Waals surface area contributed by atoms with Crippen molar-refractivity contribution in [1.29, 1.82) is 0 Å². The molecule has 2 N–H and O–H groups in total. The third-order valence-electron chi connectivity index (χ3n) is 5.11. The fourth-order valence-corrected chi connectivity index (χ4v) is 3.52. The first-order valence-electron chi connectivity index (χ1n) is 9.72. The number of aromatic nitrogens is 3. The smallest absolute Gasteiger partial charge is 0.229 e. The number of rotatable bonds is 5. The zero-order valence-electron chi connectivity index (χ0n) is 16.3. The van der Waals surface area contributed by atoms with Crippen molar-refractivity contribution in [2.45, 2.75) is 32.9 Å². The summed E-state index contributed by atoms with van der Waals surface area (Å²) >= 11 is 0. The molecular formula is C22H23N5O2. The van der Waals surface area contributed by atoms with E-state index in [0.717, 1.165) is 41.3 Å². The number of amides is 2. The number of aryl methyl sites for hydroxylation is 1. The van der Waals surface area contributed by atoms with Crippen LogP contribution in [0.5, 0.6) is 0 Å². The molecule has 0 saturated heterocycles. The van der Waals surface area contributed by atoms with Crippen LogP contribution >= 0.6 is 0 Å². The van der Waals surface area contributed by atoms with Crippen LogP contribution in [0.4, 0.5) is 5.69 Å². The third kappa shape index (κ3) is 4.34. The van der Waals surface area contributed by atoms with Crippen LogP contribution in [0.25, 0.3) is 11.4 Å². The van der Waals surface area contributed by atoms with Crippen molar-refractivity contribution in [2.75, 3.05) is 5.32 Å². The van der Waals surface area contributed by atoms with E-state index in [4.69, 9.17) is 0 Å². The molecule has 1 atom stereocenters. The van der Waals surface area contributed by atoms with E-state index in [1.165, 1.54) is 6.92 Å². The highest BCUT2D eigenvalue weighted by Crippen LogP contribution is 2.26. The molecule has 7 heteroatoms. The number of fused-ring (bicyclic) bond motifs is 1. The number of benzene rings is 2. The van der Waals surface area contributed by atoms with Gasteiger partial charge in [-0.3, -0.25) is 9.59 Å². The summed E-state index contributed by atoms with van der Waals surface area (Å²) < 4.78 is 2.06. The largest absolute Gasteiger partial charge is 0.352 e. The van der Waals surface area contributed by atoms with Crippen molar-refractivity contribution in [1.82, 2.24) is 20.1 Å². The van der Waals surface area contributed by atoms with Gasteiger partial charge in [-0.2, -0.15) is 0 Å². The quantitative estimate of drug-likeness (QED) is 0.702. The van der Waals surface area contributed by atoms with Crippen molar-refractivity contribution in [3.63, 3.8) is 0 Å². The standard InChI is InChI=1S/C22H23N5O2/c1-15(28)23-13-16-7-10-19(11-8-16)24-22(29)18-9-12-20-25-26-21(27(20)14-18)17-5-3-2-4-6-17/h2-8,10-11,18H,9,12-14H2,1H3,(H,23,28)(H,24,29). The van der Waals surface area contributed by atoms with Crippen molar-refractivity contribution < 1.29 is 9.59 Å². The number of carbonyl (C=O) groups excluding carboxylic acids is 2. The molecule has 0 fully saturated rings. The molecule has 148 valence electrons. The summed E-state index contributed by atoms with van der Waals surface area (Å²) in [6.07, 6.45) is 1.48. The minimum Gasteiger partial charge on any atom is -0.352 e. The highest BCUT2D eigenvalue weighted by Gasteiger charge is 2.28. The number of nitrogens with one attached hydrogen (secondary N) is 2. The number of anilines is 1. The molecule has 7 nitrogen and oxygen atoms in total. The number of carbonyl (C=O) groups is 2. The monoisotopic (exact) mass is 389 g/mol. The Morgan fingerprint density at radius 1 is 1.07 bits per heavy atom. The van der Waals surface area contributed by atoms with Gasteiger partial charge in [-0.25, -0.2) is 0 Å². The van der Waals surface area contributed by atoms with Crippen LogP contribution in [0.1, 0.15) is 24.7 Å². The minimum absolute atomic E-state index is 0.00188. The summed E-state index contributed by atoms with van der Waals surface area (Å²) in [6, 6.07) is 17.4. The Kier molecular flexibility index (Phi) is 5.37. The van der Waals surface area contributed by atoms with Crippen LogP contribution in [0.2, 0.25) is 0 Å². The molecule has 1 aliphatic heterocycles. The third-order valence-corrected chi connectivity index (χ3v) is 5.11. The molecular weight excluding hydrogens is 366 g/mol. The topological polar surface area (TPSA) is 88.9 Å². The van der Waals surface area contributed by atoms with Gasteiger partial charge in [-0.05, 0) is 24.1 Å². The second-order valence-electron chi connectivity index (χ2n) is 7.25. The second-order valence-corrected chi connectivity index (χ2v) is 7.25. The van der Waals surface area contributed by atoms with Crippen LogP contribution in [-0.4, -0.2) is 26.6 Å². The molecule has 1 unspecified atom stereocenters. The van der Waals surface area contributed by atoms with Gasteiger partial charge in [0, 0.05) is 37.7 Å². The Bertz CT molecular complexity index is 1010. The Morgan fingerprint density at radius 3 is 2.55 bits per heavy atom. The Labute approximate surface area is 169 Å². The maximum atomic E-state index is 12.8.